The summed E-state index contributed by atoms with van der Waals surface area (Å²) in [5, 5.41) is 10.6. The molecule has 3 aliphatic rings. The number of nitriles is 1. The summed E-state index contributed by atoms with van der Waals surface area (Å²) in [6.45, 7) is 3.64. The van der Waals surface area contributed by atoms with E-state index in [1.807, 2.05) is 18.4 Å². The molecule has 0 N–H and O–H groups in total. The summed E-state index contributed by atoms with van der Waals surface area (Å²) >= 11 is 0.726. The Bertz CT molecular complexity index is 1170. The average Bonchev–Trinajstić information content (AvgIpc) is 3.32. The molecule has 3 fully saturated rings. The lowest BCUT2D eigenvalue weighted by Gasteiger charge is -2.56. The first kappa shape index (κ1) is 26.0. The molecular weight excluding hydrogens is 482 g/mol. The number of esters is 2. The van der Waals surface area contributed by atoms with Gasteiger partial charge in [-0.3, -0.25) is 19.2 Å². The summed E-state index contributed by atoms with van der Waals surface area (Å²) in [5.74, 6) is 2.76. The van der Waals surface area contributed by atoms with Gasteiger partial charge in [0.05, 0.1) is 19.3 Å². The maximum absolute atomic E-state index is 13.9. The van der Waals surface area contributed by atoms with Crippen LogP contribution in [0.15, 0.2) is 16.7 Å². The van der Waals surface area contributed by atoms with Crippen LogP contribution in [0.25, 0.3) is 0 Å². The minimum absolute atomic E-state index is 0.0359. The molecule has 0 spiro atoms. The van der Waals surface area contributed by atoms with Crippen LogP contribution in [0.2, 0.25) is 0 Å². The smallest absolute Gasteiger partial charge is 0.317 e. The second kappa shape index (κ2) is 10.5. The van der Waals surface area contributed by atoms with Crippen molar-refractivity contribution in [2.75, 3.05) is 12.9 Å². The highest BCUT2D eigenvalue weighted by Gasteiger charge is 2.62. The van der Waals surface area contributed by atoms with Gasteiger partial charge in [-0.2, -0.15) is 5.26 Å². The molecule has 4 rings (SSSR count). The molecule has 9 heteroatoms. The molecular formula is C27H29NO7S. The molecule has 0 aliphatic heterocycles. The van der Waals surface area contributed by atoms with Crippen LogP contribution in [-0.4, -0.2) is 42.5 Å². The number of thioether (sulfide) groups is 1. The Labute approximate surface area is 214 Å². The summed E-state index contributed by atoms with van der Waals surface area (Å²) in [6.07, 6.45) is 2.52. The fourth-order valence-electron chi connectivity index (χ4n) is 6.78. The van der Waals surface area contributed by atoms with Crippen molar-refractivity contribution < 1.29 is 33.1 Å². The van der Waals surface area contributed by atoms with E-state index in [2.05, 4.69) is 11.8 Å². The maximum atomic E-state index is 13.9. The van der Waals surface area contributed by atoms with Gasteiger partial charge < -0.3 is 13.9 Å². The van der Waals surface area contributed by atoms with Gasteiger partial charge >= 0.3 is 11.9 Å². The highest BCUT2D eigenvalue weighted by Crippen LogP contribution is 2.60. The number of fused-ring (bicyclic) bond motifs is 3. The van der Waals surface area contributed by atoms with Crippen molar-refractivity contribution in [1.82, 2.24) is 0 Å². The molecule has 36 heavy (non-hydrogen) atoms. The molecule has 0 radical (unpaired) electrons. The van der Waals surface area contributed by atoms with Gasteiger partial charge in [0, 0.05) is 30.2 Å². The average molecular weight is 512 g/mol. The van der Waals surface area contributed by atoms with Gasteiger partial charge in [0.2, 0.25) is 0 Å². The predicted molar refractivity (Wildman–Crippen MR) is 129 cm³/mol. The van der Waals surface area contributed by atoms with E-state index in [1.165, 1.54) is 7.11 Å². The van der Waals surface area contributed by atoms with E-state index in [9.17, 15) is 19.2 Å². The van der Waals surface area contributed by atoms with Crippen LogP contribution >= 0.6 is 11.8 Å². The van der Waals surface area contributed by atoms with Crippen molar-refractivity contribution >= 4 is 35.3 Å². The molecule has 0 saturated heterocycles. The third-order valence-electron chi connectivity index (χ3n) is 8.33. The molecule has 3 saturated carbocycles. The first-order valence-electron chi connectivity index (χ1n) is 12.1. The topological polar surface area (TPSA) is 124 Å². The lowest BCUT2D eigenvalue weighted by atomic mass is 9.46. The molecule has 8 nitrogen and oxygen atoms in total. The number of nitrogens with zero attached hydrogens (tertiary/aromatic N) is 1. The molecule has 0 unspecified atom stereocenters. The molecule has 0 amide bonds. The van der Waals surface area contributed by atoms with E-state index in [0.717, 1.165) is 17.3 Å². The minimum Gasteiger partial charge on any atom is -0.469 e. The van der Waals surface area contributed by atoms with Gasteiger partial charge in [0.25, 0.3) is 0 Å². The lowest BCUT2D eigenvalue weighted by molar-refractivity contribution is -0.183. The van der Waals surface area contributed by atoms with Gasteiger partial charge in [-0.1, -0.05) is 12.8 Å². The van der Waals surface area contributed by atoms with Crippen LogP contribution < -0.4 is 0 Å². The predicted octanol–water partition coefficient (Wildman–Crippen LogP) is 3.63. The van der Waals surface area contributed by atoms with Gasteiger partial charge in [-0.25, -0.2) is 0 Å². The Morgan fingerprint density at radius 2 is 2.08 bits per heavy atom. The van der Waals surface area contributed by atoms with Crippen LogP contribution in [0, 0.1) is 51.6 Å². The number of hydrogen-bond donors (Lipinski definition) is 0. The number of ketones is 2. The molecule has 190 valence electrons. The number of Topliss-reactive ketones (excluding diaryl/α,β-unsaturated/α-hetero) is 2. The number of thiocyanates is 1. The number of rotatable bonds is 5. The lowest BCUT2D eigenvalue weighted by Crippen LogP contribution is -2.60. The summed E-state index contributed by atoms with van der Waals surface area (Å²) in [4.78, 5) is 52.5. The fourth-order valence-corrected chi connectivity index (χ4v) is 7.03. The zero-order valence-corrected chi connectivity index (χ0v) is 21.4. The highest BCUT2D eigenvalue weighted by atomic mass is 32.2. The number of ether oxygens (including phenoxy) is 2. The molecule has 7 atom stereocenters. The van der Waals surface area contributed by atoms with E-state index in [4.69, 9.17) is 19.2 Å². The van der Waals surface area contributed by atoms with Gasteiger partial charge in [0.15, 0.2) is 17.6 Å². The Hall–Kier alpha value is -3.04. The van der Waals surface area contributed by atoms with Gasteiger partial charge in [-0.15, -0.1) is 0 Å². The fraction of sp³-hybridized carbons (Fsp3) is 0.593. The second-order valence-electron chi connectivity index (χ2n) is 10.0. The number of hydrogen-bond acceptors (Lipinski definition) is 9. The summed E-state index contributed by atoms with van der Waals surface area (Å²) < 4.78 is 16.1. The van der Waals surface area contributed by atoms with Crippen molar-refractivity contribution in [3.8, 4) is 17.2 Å². The second-order valence-corrected chi connectivity index (χ2v) is 10.8. The van der Waals surface area contributed by atoms with E-state index in [-0.39, 0.29) is 41.5 Å². The van der Waals surface area contributed by atoms with Crippen LogP contribution in [0.3, 0.4) is 0 Å². The monoisotopic (exact) mass is 511 g/mol. The molecule has 0 bridgehead atoms. The Balaban J connectivity index is 1.70. The molecule has 1 heterocycles. The number of methoxy groups -OCH3 is 1. The largest absolute Gasteiger partial charge is 0.469 e. The van der Waals surface area contributed by atoms with Gasteiger partial charge in [0.1, 0.15) is 16.9 Å². The van der Waals surface area contributed by atoms with Crippen LogP contribution in [0.5, 0.6) is 0 Å². The summed E-state index contributed by atoms with van der Waals surface area (Å²) in [7, 11) is 1.31. The number of furan rings is 1. The molecule has 1 aromatic rings. The van der Waals surface area contributed by atoms with Crippen molar-refractivity contribution in [1.29, 1.82) is 5.26 Å². The van der Waals surface area contributed by atoms with Crippen molar-refractivity contribution in [3.05, 3.63) is 23.7 Å². The summed E-state index contributed by atoms with van der Waals surface area (Å²) in [5.41, 5.74) is 0.132. The first-order valence-corrected chi connectivity index (χ1v) is 13.1. The SMILES string of the molecule is CC#Cc1occc1[C@H]1CC(=O)[C@@H]2CC[C@]3(C)[C@H](C(=O)[C@@H](OC(=O)CSC#N)C[C@H]3C(=O)OC)[C@H]2C1. The maximum Gasteiger partial charge on any atom is 0.317 e. The first-order chi connectivity index (χ1) is 17.2. The Morgan fingerprint density at radius 1 is 1.31 bits per heavy atom. The standard InChI is InChI=1S/C27H29NO7S/c1-4-5-21-16(7-9-34-21)15-10-18-17(20(29)11-15)6-8-27(2)19(26(32)33-3)12-22(25(31)24(18)27)35-23(30)13-36-14-28/h7,9,15,17-19,22,24H,6,8,10-13H2,1-3H3/t15-,17-,18+,19+,22+,24+,27+/m1/s1. The van der Waals surface area contributed by atoms with Crippen molar-refractivity contribution in [2.45, 2.75) is 58.0 Å². The summed E-state index contributed by atoms with van der Waals surface area (Å²) in [6, 6.07) is 1.83. The number of carbonyl (C=O) groups excluding carboxylic acids is 4. The van der Waals surface area contributed by atoms with E-state index >= 15 is 0 Å². The van der Waals surface area contributed by atoms with Gasteiger partial charge in [-0.05, 0) is 67.2 Å². The van der Waals surface area contributed by atoms with E-state index in [1.54, 1.807) is 13.2 Å². The highest BCUT2D eigenvalue weighted by molar-refractivity contribution is 8.04. The molecule has 1 aromatic heterocycles. The zero-order chi connectivity index (χ0) is 26.0. The third-order valence-corrected chi connectivity index (χ3v) is 8.83. The van der Waals surface area contributed by atoms with Crippen LogP contribution in [0.4, 0.5) is 0 Å². The van der Waals surface area contributed by atoms with Crippen molar-refractivity contribution in [3.63, 3.8) is 0 Å². The minimum atomic E-state index is -1.12. The normalized spacial score (nSPS) is 33.3. The Morgan fingerprint density at radius 3 is 2.78 bits per heavy atom. The molecule has 0 aromatic carbocycles. The van der Waals surface area contributed by atoms with Crippen molar-refractivity contribution in [2.24, 2.45) is 29.1 Å². The Kier molecular flexibility index (Phi) is 7.61. The zero-order valence-electron chi connectivity index (χ0n) is 20.6. The van der Waals surface area contributed by atoms with E-state index < -0.39 is 35.3 Å². The van der Waals surface area contributed by atoms with Crippen LogP contribution in [0.1, 0.15) is 63.2 Å². The third kappa shape index (κ3) is 4.57. The van der Waals surface area contributed by atoms with E-state index in [0.29, 0.717) is 31.4 Å². The number of carbonyl (C=O) groups is 4. The van der Waals surface area contributed by atoms with Crippen LogP contribution in [-0.2, 0) is 28.7 Å². The quantitative estimate of drug-likeness (QED) is 0.331. The molecule has 3 aliphatic carbocycles.